The number of anilines is 1. The molecule has 17 heavy (non-hydrogen) atoms. The van der Waals surface area contributed by atoms with Crippen molar-refractivity contribution in [2.24, 2.45) is 5.92 Å². The highest BCUT2D eigenvalue weighted by molar-refractivity contribution is 6.30. The smallest absolute Gasteiger partial charge is 0.0702 e. The average molecular weight is 256 g/mol. The minimum Gasteiger partial charge on any atom is -0.392 e. The van der Waals surface area contributed by atoms with E-state index in [0.717, 1.165) is 37.4 Å². The van der Waals surface area contributed by atoms with Gasteiger partial charge in [0.15, 0.2) is 0 Å². The second-order valence-electron chi connectivity index (χ2n) is 4.49. The van der Waals surface area contributed by atoms with Crippen molar-refractivity contribution in [3.05, 3.63) is 28.8 Å². The molecule has 0 bridgehead atoms. The molecule has 0 amide bonds. The quantitative estimate of drug-likeness (QED) is 0.896. The van der Waals surface area contributed by atoms with Gasteiger partial charge in [0.2, 0.25) is 0 Å². The number of rotatable bonds is 4. The number of aliphatic hydroxyl groups excluding tert-OH is 1. The average Bonchev–Trinajstić information content (AvgIpc) is 2.78. The molecule has 0 aliphatic carbocycles. The first-order chi connectivity index (χ1) is 8.24. The van der Waals surface area contributed by atoms with Gasteiger partial charge in [-0.1, -0.05) is 11.6 Å². The van der Waals surface area contributed by atoms with E-state index < -0.39 is 0 Å². The van der Waals surface area contributed by atoms with Gasteiger partial charge in [-0.15, -0.1) is 0 Å². The Hall–Kier alpha value is -0.770. The van der Waals surface area contributed by atoms with Gasteiger partial charge in [-0.3, -0.25) is 0 Å². The van der Waals surface area contributed by atoms with Gasteiger partial charge < -0.3 is 14.7 Å². The van der Waals surface area contributed by atoms with Crippen LogP contribution in [0.15, 0.2) is 18.2 Å². The number of ether oxygens (including phenoxy) is 1. The third-order valence-corrected chi connectivity index (χ3v) is 3.48. The van der Waals surface area contributed by atoms with Crippen LogP contribution in [0.3, 0.4) is 0 Å². The van der Waals surface area contributed by atoms with Crippen molar-refractivity contribution in [1.29, 1.82) is 0 Å². The van der Waals surface area contributed by atoms with Crippen LogP contribution in [0.25, 0.3) is 0 Å². The minimum atomic E-state index is 0.0291. The lowest BCUT2D eigenvalue weighted by Gasteiger charge is -2.21. The fourth-order valence-electron chi connectivity index (χ4n) is 2.41. The lowest BCUT2D eigenvalue weighted by atomic mass is 10.1. The van der Waals surface area contributed by atoms with Crippen LogP contribution in [-0.2, 0) is 11.3 Å². The van der Waals surface area contributed by atoms with Crippen LogP contribution in [-0.4, -0.2) is 31.9 Å². The van der Waals surface area contributed by atoms with E-state index in [4.69, 9.17) is 16.3 Å². The predicted octanol–water partition coefficient (Wildman–Crippen LogP) is 2.31. The third-order valence-electron chi connectivity index (χ3n) is 3.24. The van der Waals surface area contributed by atoms with E-state index in [2.05, 4.69) is 4.90 Å². The summed E-state index contributed by atoms with van der Waals surface area (Å²) in [7, 11) is 1.74. The maximum absolute atomic E-state index is 9.36. The number of halogens is 1. The fourth-order valence-corrected chi connectivity index (χ4v) is 2.61. The topological polar surface area (TPSA) is 32.7 Å². The lowest BCUT2D eigenvalue weighted by Crippen LogP contribution is -2.22. The zero-order valence-electron chi connectivity index (χ0n) is 10.0. The first kappa shape index (κ1) is 12.7. The van der Waals surface area contributed by atoms with Crippen molar-refractivity contribution in [2.75, 3.05) is 31.7 Å². The van der Waals surface area contributed by atoms with Crippen LogP contribution in [0.1, 0.15) is 12.0 Å². The highest BCUT2D eigenvalue weighted by atomic mass is 35.5. The summed E-state index contributed by atoms with van der Waals surface area (Å²) in [6, 6.07) is 5.70. The molecule has 0 aromatic heterocycles. The molecule has 0 radical (unpaired) electrons. The Morgan fingerprint density at radius 1 is 1.53 bits per heavy atom. The second-order valence-corrected chi connectivity index (χ2v) is 4.92. The van der Waals surface area contributed by atoms with E-state index in [-0.39, 0.29) is 6.61 Å². The maximum Gasteiger partial charge on any atom is 0.0702 e. The number of hydrogen-bond acceptors (Lipinski definition) is 3. The molecular formula is C13H18ClNO2. The number of methoxy groups -OCH3 is 1. The summed E-state index contributed by atoms with van der Waals surface area (Å²) >= 11 is 5.93. The molecule has 1 fully saturated rings. The zero-order chi connectivity index (χ0) is 12.3. The maximum atomic E-state index is 9.36. The van der Waals surface area contributed by atoms with Gasteiger partial charge in [-0.2, -0.15) is 0 Å². The van der Waals surface area contributed by atoms with Crippen LogP contribution in [0.2, 0.25) is 5.02 Å². The molecule has 1 saturated heterocycles. The molecule has 1 aliphatic heterocycles. The number of benzene rings is 1. The van der Waals surface area contributed by atoms with Gasteiger partial charge in [0.05, 0.1) is 13.2 Å². The van der Waals surface area contributed by atoms with Crippen molar-refractivity contribution >= 4 is 17.3 Å². The van der Waals surface area contributed by atoms with Gasteiger partial charge in [0, 0.05) is 42.4 Å². The SMILES string of the molecule is COCC1CCN(c2ccc(Cl)cc2CO)C1. The minimum absolute atomic E-state index is 0.0291. The standard InChI is InChI=1S/C13H18ClNO2/c1-17-9-10-4-5-15(7-10)13-3-2-12(14)6-11(13)8-16/h2-3,6,10,16H,4-5,7-9H2,1H3. The molecule has 1 heterocycles. The van der Waals surface area contributed by atoms with Gasteiger partial charge in [-0.25, -0.2) is 0 Å². The molecule has 2 rings (SSSR count). The molecule has 1 aliphatic rings. The zero-order valence-corrected chi connectivity index (χ0v) is 10.8. The summed E-state index contributed by atoms with van der Waals surface area (Å²) in [5.74, 6) is 0.585. The largest absolute Gasteiger partial charge is 0.392 e. The second kappa shape index (κ2) is 5.71. The molecule has 0 saturated carbocycles. The van der Waals surface area contributed by atoms with Crippen molar-refractivity contribution < 1.29 is 9.84 Å². The van der Waals surface area contributed by atoms with Crippen molar-refractivity contribution in [3.63, 3.8) is 0 Å². The predicted molar refractivity (Wildman–Crippen MR) is 69.6 cm³/mol. The van der Waals surface area contributed by atoms with Crippen LogP contribution < -0.4 is 4.90 Å². The molecule has 94 valence electrons. The van der Waals surface area contributed by atoms with Crippen LogP contribution in [0.4, 0.5) is 5.69 Å². The fraction of sp³-hybridized carbons (Fsp3) is 0.538. The summed E-state index contributed by atoms with van der Waals surface area (Å²) in [5, 5.41) is 10.0. The van der Waals surface area contributed by atoms with Crippen molar-refractivity contribution in [3.8, 4) is 0 Å². The highest BCUT2D eigenvalue weighted by Gasteiger charge is 2.23. The van der Waals surface area contributed by atoms with Crippen molar-refractivity contribution in [1.82, 2.24) is 0 Å². The van der Waals surface area contributed by atoms with Crippen LogP contribution >= 0.6 is 11.6 Å². The van der Waals surface area contributed by atoms with E-state index in [0.29, 0.717) is 10.9 Å². The van der Waals surface area contributed by atoms with Gasteiger partial charge in [-0.05, 0) is 24.6 Å². The monoisotopic (exact) mass is 255 g/mol. The molecule has 1 aromatic rings. The summed E-state index contributed by atoms with van der Waals surface area (Å²) in [4.78, 5) is 2.30. The Morgan fingerprint density at radius 3 is 3.06 bits per heavy atom. The number of aliphatic hydroxyl groups is 1. The van der Waals surface area contributed by atoms with E-state index in [9.17, 15) is 5.11 Å². The van der Waals surface area contributed by atoms with E-state index in [1.807, 2.05) is 18.2 Å². The van der Waals surface area contributed by atoms with Crippen molar-refractivity contribution in [2.45, 2.75) is 13.0 Å². The Balaban J connectivity index is 2.12. The van der Waals surface area contributed by atoms with Crippen LogP contribution in [0.5, 0.6) is 0 Å². The Morgan fingerprint density at radius 2 is 2.35 bits per heavy atom. The molecule has 4 heteroatoms. The van der Waals surface area contributed by atoms with E-state index in [1.54, 1.807) is 7.11 Å². The summed E-state index contributed by atoms with van der Waals surface area (Å²) < 4.78 is 5.19. The Labute approximate surface area is 107 Å². The normalized spacial score (nSPS) is 19.9. The van der Waals surface area contributed by atoms with E-state index >= 15 is 0 Å². The Bertz CT molecular complexity index is 384. The van der Waals surface area contributed by atoms with Crippen LogP contribution in [0, 0.1) is 5.92 Å². The first-order valence-electron chi connectivity index (χ1n) is 5.87. The highest BCUT2D eigenvalue weighted by Crippen LogP contribution is 2.29. The molecule has 1 aromatic carbocycles. The molecule has 0 spiro atoms. The summed E-state index contributed by atoms with van der Waals surface area (Å²) in [6.07, 6.45) is 1.14. The molecule has 1 N–H and O–H groups in total. The van der Waals surface area contributed by atoms with E-state index in [1.165, 1.54) is 0 Å². The summed E-state index contributed by atoms with van der Waals surface area (Å²) in [6.45, 7) is 2.84. The molecular weight excluding hydrogens is 238 g/mol. The molecule has 1 atom stereocenters. The molecule has 3 nitrogen and oxygen atoms in total. The summed E-state index contributed by atoms with van der Waals surface area (Å²) in [5.41, 5.74) is 1.99. The first-order valence-corrected chi connectivity index (χ1v) is 6.25. The lowest BCUT2D eigenvalue weighted by molar-refractivity contribution is 0.161. The van der Waals surface area contributed by atoms with Gasteiger partial charge in [0.25, 0.3) is 0 Å². The van der Waals surface area contributed by atoms with Gasteiger partial charge >= 0.3 is 0 Å². The number of nitrogens with zero attached hydrogens (tertiary/aromatic N) is 1. The number of hydrogen-bond donors (Lipinski definition) is 1. The molecule has 1 unspecified atom stereocenters. The Kier molecular flexibility index (Phi) is 4.26. The van der Waals surface area contributed by atoms with Gasteiger partial charge in [0.1, 0.15) is 0 Å². The third kappa shape index (κ3) is 2.92.